The van der Waals surface area contributed by atoms with Crippen LogP contribution in [0.15, 0.2) is 18.3 Å². The summed E-state index contributed by atoms with van der Waals surface area (Å²) in [5, 5.41) is 0. The SMILES string of the molecule is CCCCCc1ccc(CC(=O)OC(C)(C)C)nc1. The fourth-order valence-corrected chi connectivity index (χ4v) is 1.81. The number of nitrogens with zero attached hydrogens (tertiary/aromatic N) is 1. The first-order chi connectivity index (χ1) is 8.90. The summed E-state index contributed by atoms with van der Waals surface area (Å²) >= 11 is 0. The Hall–Kier alpha value is -1.38. The number of unbranched alkanes of at least 4 members (excludes halogenated alkanes) is 2. The van der Waals surface area contributed by atoms with E-state index in [1.54, 1.807) is 0 Å². The Bertz CT molecular complexity index is 390. The zero-order chi connectivity index (χ0) is 14.3. The van der Waals surface area contributed by atoms with Crippen molar-refractivity contribution in [2.24, 2.45) is 0 Å². The van der Waals surface area contributed by atoms with Crippen molar-refractivity contribution in [1.82, 2.24) is 4.98 Å². The van der Waals surface area contributed by atoms with Crippen molar-refractivity contribution in [3.05, 3.63) is 29.6 Å². The molecule has 0 saturated heterocycles. The van der Waals surface area contributed by atoms with Gasteiger partial charge in [0.1, 0.15) is 5.60 Å². The monoisotopic (exact) mass is 263 g/mol. The molecule has 3 heteroatoms. The van der Waals surface area contributed by atoms with E-state index >= 15 is 0 Å². The van der Waals surface area contributed by atoms with E-state index in [-0.39, 0.29) is 12.4 Å². The number of esters is 1. The van der Waals surface area contributed by atoms with E-state index in [2.05, 4.69) is 18.0 Å². The summed E-state index contributed by atoms with van der Waals surface area (Å²) < 4.78 is 5.27. The first-order valence-corrected chi connectivity index (χ1v) is 7.06. The van der Waals surface area contributed by atoms with Gasteiger partial charge in [-0.1, -0.05) is 25.8 Å². The Morgan fingerprint density at radius 1 is 1.26 bits per heavy atom. The van der Waals surface area contributed by atoms with Gasteiger partial charge in [0.25, 0.3) is 0 Å². The summed E-state index contributed by atoms with van der Waals surface area (Å²) in [5.41, 5.74) is 1.58. The van der Waals surface area contributed by atoms with Crippen molar-refractivity contribution in [3.63, 3.8) is 0 Å². The summed E-state index contributed by atoms with van der Waals surface area (Å²) in [6.07, 6.45) is 6.85. The van der Waals surface area contributed by atoms with Gasteiger partial charge in [0.15, 0.2) is 0 Å². The average Bonchev–Trinajstić information content (AvgIpc) is 2.29. The number of carbonyl (C=O) groups is 1. The number of aryl methyl sites for hydroxylation is 1. The summed E-state index contributed by atoms with van der Waals surface area (Å²) in [4.78, 5) is 16.0. The summed E-state index contributed by atoms with van der Waals surface area (Å²) in [6.45, 7) is 7.81. The highest BCUT2D eigenvalue weighted by Crippen LogP contribution is 2.10. The summed E-state index contributed by atoms with van der Waals surface area (Å²) in [6, 6.07) is 3.98. The maximum atomic E-state index is 11.7. The molecule has 106 valence electrons. The minimum absolute atomic E-state index is 0.223. The second-order valence-electron chi connectivity index (χ2n) is 5.88. The Labute approximate surface area is 116 Å². The molecule has 3 nitrogen and oxygen atoms in total. The van der Waals surface area contributed by atoms with Gasteiger partial charge in [-0.05, 0) is 45.2 Å². The van der Waals surface area contributed by atoms with Crippen LogP contribution in [0.2, 0.25) is 0 Å². The van der Waals surface area contributed by atoms with Crippen LogP contribution < -0.4 is 0 Å². The third kappa shape index (κ3) is 6.94. The number of carbonyl (C=O) groups excluding carboxylic acids is 1. The van der Waals surface area contributed by atoms with Gasteiger partial charge in [-0.15, -0.1) is 0 Å². The normalized spacial score (nSPS) is 11.4. The minimum atomic E-state index is -0.433. The van der Waals surface area contributed by atoms with Gasteiger partial charge in [-0.2, -0.15) is 0 Å². The lowest BCUT2D eigenvalue weighted by molar-refractivity contribution is -0.153. The third-order valence-electron chi connectivity index (χ3n) is 2.70. The van der Waals surface area contributed by atoms with E-state index < -0.39 is 5.60 Å². The maximum absolute atomic E-state index is 11.7. The average molecular weight is 263 g/mol. The van der Waals surface area contributed by atoms with Crippen LogP contribution in [0.4, 0.5) is 0 Å². The standard InChI is InChI=1S/C16H25NO2/c1-5-6-7-8-13-9-10-14(17-12-13)11-15(18)19-16(2,3)4/h9-10,12H,5-8,11H2,1-4H3. The second-order valence-corrected chi connectivity index (χ2v) is 5.88. The largest absolute Gasteiger partial charge is 0.460 e. The zero-order valence-corrected chi connectivity index (χ0v) is 12.5. The van der Waals surface area contributed by atoms with Gasteiger partial charge in [0.05, 0.1) is 12.1 Å². The molecule has 0 aromatic carbocycles. The van der Waals surface area contributed by atoms with Crippen LogP contribution in [0.3, 0.4) is 0 Å². The lowest BCUT2D eigenvalue weighted by atomic mass is 10.1. The third-order valence-corrected chi connectivity index (χ3v) is 2.70. The number of hydrogen-bond donors (Lipinski definition) is 0. The highest BCUT2D eigenvalue weighted by Gasteiger charge is 2.16. The fourth-order valence-electron chi connectivity index (χ4n) is 1.81. The van der Waals surface area contributed by atoms with E-state index in [4.69, 9.17) is 4.74 Å². The van der Waals surface area contributed by atoms with Crippen molar-refractivity contribution in [1.29, 1.82) is 0 Å². The molecule has 0 bridgehead atoms. The smallest absolute Gasteiger partial charge is 0.312 e. The van der Waals surface area contributed by atoms with Crippen molar-refractivity contribution in [2.75, 3.05) is 0 Å². The van der Waals surface area contributed by atoms with Crippen LogP contribution in [0.5, 0.6) is 0 Å². The Morgan fingerprint density at radius 3 is 2.53 bits per heavy atom. The molecular weight excluding hydrogens is 238 g/mol. The van der Waals surface area contributed by atoms with Crippen molar-refractivity contribution >= 4 is 5.97 Å². The molecule has 0 N–H and O–H groups in total. The van der Waals surface area contributed by atoms with Gasteiger partial charge in [-0.3, -0.25) is 9.78 Å². The highest BCUT2D eigenvalue weighted by atomic mass is 16.6. The van der Waals surface area contributed by atoms with E-state index in [0.29, 0.717) is 0 Å². The van der Waals surface area contributed by atoms with E-state index in [9.17, 15) is 4.79 Å². The van der Waals surface area contributed by atoms with Gasteiger partial charge >= 0.3 is 5.97 Å². The van der Waals surface area contributed by atoms with Gasteiger partial charge in [0.2, 0.25) is 0 Å². The predicted molar refractivity (Wildman–Crippen MR) is 77.0 cm³/mol. The predicted octanol–water partition coefficient (Wildman–Crippen LogP) is 3.70. The van der Waals surface area contributed by atoms with Gasteiger partial charge in [-0.25, -0.2) is 0 Å². The quantitative estimate of drug-likeness (QED) is 0.580. The summed E-state index contributed by atoms with van der Waals surface area (Å²) in [7, 11) is 0. The minimum Gasteiger partial charge on any atom is -0.460 e. The van der Waals surface area contributed by atoms with E-state index in [0.717, 1.165) is 12.1 Å². The van der Waals surface area contributed by atoms with Crippen LogP contribution in [0.1, 0.15) is 58.2 Å². The van der Waals surface area contributed by atoms with E-state index in [1.807, 2.05) is 33.0 Å². The lowest BCUT2D eigenvalue weighted by Gasteiger charge is -2.19. The van der Waals surface area contributed by atoms with E-state index in [1.165, 1.54) is 24.8 Å². The van der Waals surface area contributed by atoms with Crippen LogP contribution >= 0.6 is 0 Å². The van der Waals surface area contributed by atoms with Crippen molar-refractivity contribution < 1.29 is 9.53 Å². The first kappa shape index (κ1) is 15.7. The Morgan fingerprint density at radius 2 is 2.00 bits per heavy atom. The molecule has 0 aliphatic carbocycles. The van der Waals surface area contributed by atoms with Crippen molar-refractivity contribution in [3.8, 4) is 0 Å². The van der Waals surface area contributed by atoms with Gasteiger partial charge < -0.3 is 4.74 Å². The van der Waals surface area contributed by atoms with Crippen LogP contribution in [0, 0.1) is 0 Å². The molecule has 0 amide bonds. The molecule has 0 atom stereocenters. The second kappa shape index (κ2) is 7.27. The number of pyridine rings is 1. The topological polar surface area (TPSA) is 39.2 Å². The molecule has 0 aliphatic rings. The van der Waals surface area contributed by atoms with Crippen molar-refractivity contribution in [2.45, 2.75) is 65.4 Å². The molecule has 0 fully saturated rings. The highest BCUT2D eigenvalue weighted by molar-refractivity contribution is 5.72. The van der Waals surface area contributed by atoms with Crippen LogP contribution in [-0.4, -0.2) is 16.6 Å². The molecule has 0 spiro atoms. The number of ether oxygens (including phenoxy) is 1. The first-order valence-electron chi connectivity index (χ1n) is 7.06. The number of hydrogen-bond acceptors (Lipinski definition) is 3. The van der Waals surface area contributed by atoms with Crippen LogP contribution in [0.25, 0.3) is 0 Å². The number of rotatable bonds is 6. The lowest BCUT2D eigenvalue weighted by Crippen LogP contribution is -2.25. The number of aromatic nitrogens is 1. The molecular formula is C16H25NO2. The molecule has 1 aromatic rings. The molecule has 0 saturated carbocycles. The zero-order valence-electron chi connectivity index (χ0n) is 12.5. The molecule has 1 heterocycles. The van der Waals surface area contributed by atoms with Crippen LogP contribution in [-0.2, 0) is 22.4 Å². The molecule has 1 aromatic heterocycles. The van der Waals surface area contributed by atoms with Gasteiger partial charge in [0, 0.05) is 6.20 Å². The maximum Gasteiger partial charge on any atom is 0.312 e. The molecule has 0 radical (unpaired) electrons. The summed E-state index contributed by atoms with van der Waals surface area (Å²) in [5.74, 6) is -0.223. The molecule has 0 unspecified atom stereocenters. The molecule has 1 rings (SSSR count). The Balaban J connectivity index is 2.45. The molecule has 19 heavy (non-hydrogen) atoms. The fraction of sp³-hybridized carbons (Fsp3) is 0.625. The Kier molecular flexibility index (Phi) is 6.00. The molecule has 0 aliphatic heterocycles.